The lowest BCUT2D eigenvalue weighted by Gasteiger charge is -2.32. The molecule has 1 saturated heterocycles. The highest BCUT2D eigenvalue weighted by Crippen LogP contribution is 2.28. The molecular formula is C16H20N2O3. The number of aliphatic hydroxyl groups is 1. The number of hydrogen-bond acceptors (Lipinski definition) is 5. The van der Waals surface area contributed by atoms with Crippen LogP contribution in [0.3, 0.4) is 0 Å². The minimum Gasteiger partial charge on any atom is -0.462 e. The number of ether oxygens (including phenoxy) is 1. The predicted octanol–water partition coefficient (Wildman–Crippen LogP) is 2.18. The summed E-state index contributed by atoms with van der Waals surface area (Å²) in [7, 11) is 0. The number of rotatable bonds is 5. The van der Waals surface area contributed by atoms with E-state index in [1.54, 1.807) is 18.5 Å². The van der Waals surface area contributed by atoms with E-state index in [-0.39, 0.29) is 18.8 Å². The number of aromatic nitrogens is 1. The first-order chi connectivity index (χ1) is 10.4. The van der Waals surface area contributed by atoms with Gasteiger partial charge in [-0.25, -0.2) is 0 Å². The van der Waals surface area contributed by atoms with Gasteiger partial charge in [0.2, 0.25) is 0 Å². The average Bonchev–Trinajstić information content (AvgIpc) is 3.02. The lowest BCUT2D eigenvalue weighted by molar-refractivity contribution is -0.0116. The Hall–Kier alpha value is -1.69. The molecule has 1 aliphatic rings. The molecule has 2 N–H and O–H groups in total. The van der Waals surface area contributed by atoms with E-state index in [4.69, 9.17) is 14.3 Å². The van der Waals surface area contributed by atoms with Crippen LogP contribution in [0.25, 0.3) is 0 Å². The third kappa shape index (κ3) is 3.50. The maximum absolute atomic E-state index is 9.02. The van der Waals surface area contributed by atoms with Gasteiger partial charge in [0.1, 0.15) is 18.1 Å². The minimum absolute atomic E-state index is 0.0500. The smallest absolute Gasteiger partial charge is 0.129 e. The van der Waals surface area contributed by atoms with Gasteiger partial charge in [0.05, 0.1) is 12.6 Å². The van der Waals surface area contributed by atoms with Gasteiger partial charge in [0.15, 0.2) is 0 Å². The van der Waals surface area contributed by atoms with Gasteiger partial charge in [0, 0.05) is 25.0 Å². The summed E-state index contributed by atoms with van der Waals surface area (Å²) in [6.07, 6.45) is 5.77. The fourth-order valence-electron chi connectivity index (χ4n) is 2.71. The summed E-state index contributed by atoms with van der Waals surface area (Å²) in [6, 6.07) is 7.95. The van der Waals surface area contributed by atoms with Gasteiger partial charge in [-0.2, -0.15) is 0 Å². The summed E-state index contributed by atoms with van der Waals surface area (Å²) in [5.74, 6) is 1.43. The SMILES string of the molecule is OCc1ccc(CN[C@H]2CCCO[C@@H]2c2ccncc2)o1. The molecule has 0 saturated carbocycles. The first-order valence-corrected chi connectivity index (χ1v) is 7.30. The van der Waals surface area contributed by atoms with E-state index in [1.165, 1.54) is 0 Å². The van der Waals surface area contributed by atoms with Crippen molar-refractivity contribution in [3.05, 3.63) is 53.7 Å². The highest BCUT2D eigenvalue weighted by Gasteiger charge is 2.27. The molecule has 5 nitrogen and oxygen atoms in total. The number of pyridine rings is 1. The lowest BCUT2D eigenvalue weighted by atomic mass is 9.96. The summed E-state index contributed by atoms with van der Waals surface area (Å²) in [4.78, 5) is 4.06. The van der Waals surface area contributed by atoms with Crippen LogP contribution < -0.4 is 5.32 Å². The topological polar surface area (TPSA) is 67.5 Å². The zero-order valence-electron chi connectivity index (χ0n) is 11.9. The number of aliphatic hydroxyl groups excluding tert-OH is 1. The predicted molar refractivity (Wildman–Crippen MR) is 77.4 cm³/mol. The molecule has 2 aromatic rings. The van der Waals surface area contributed by atoms with Crippen molar-refractivity contribution in [3.63, 3.8) is 0 Å². The Labute approximate surface area is 124 Å². The Bertz CT molecular complexity index is 556. The van der Waals surface area contributed by atoms with Crippen molar-refractivity contribution in [2.24, 2.45) is 0 Å². The first-order valence-electron chi connectivity index (χ1n) is 7.30. The van der Waals surface area contributed by atoms with Gasteiger partial charge in [-0.3, -0.25) is 4.98 Å². The molecule has 0 aliphatic carbocycles. The molecule has 3 rings (SSSR count). The molecule has 0 aromatic carbocycles. The quantitative estimate of drug-likeness (QED) is 0.882. The second-order valence-electron chi connectivity index (χ2n) is 5.23. The van der Waals surface area contributed by atoms with Crippen LogP contribution in [0.4, 0.5) is 0 Å². The Morgan fingerprint density at radius 2 is 2.00 bits per heavy atom. The van der Waals surface area contributed by atoms with Crippen molar-refractivity contribution in [1.82, 2.24) is 10.3 Å². The van der Waals surface area contributed by atoms with Crippen molar-refractivity contribution in [2.45, 2.75) is 38.1 Å². The van der Waals surface area contributed by atoms with E-state index in [1.807, 2.05) is 18.2 Å². The van der Waals surface area contributed by atoms with Gasteiger partial charge in [-0.15, -0.1) is 0 Å². The minimum atomic E-state index is -0.0633. The molecule has 3 heterocycles. The lowest BCUT2D eigenvalue weighted by Crippen LogP contribution is -2.39. The van der Waals surface area contributed by atoms with Crippen LogP contribution in [-0.4, -0.2) is 22.7 Å². The van der Waals surface area contributed by atoms with Gasteiger partial charge >= 0.3 is 0 Å². The maximum atomic E-state index is 9.02. The molecule has 2 aromatic heterocycles. The molecule has 5 heteroatoms. The summed E-state index contributed by atoms with van der Waals surface area (Å²) in [5.41, 5.74) is 1.15. The highest BCUT2D eigenvalue weighted by atomic mass is 16.5. The zero-order chi connectivity index (χ0) is 14.5. The second-order valence-corrected chi connectivity index (χ2v) is 5.23. The van der Waals surface area contributed by atoms with E-state index < -0.39 is 0 Å². The second kappa shape index (κ2) is 6.85. The Kier molecular flexibility index (Phi) is 4.65. The first kappa shape index (κ1) is 14.3. The monoisotopic (exact) mass is 288 g/mol. The van der Waals surface area contributed by atoms with Crippen molar-refractivity contribution in [2.75, 3.05) is 6.61 Å². The van der Waals surface area contributed by atoms with Crippen LogP contribution >= 0.6 is 0 Å². The van der Waals surface area contributed by atoms with Crippen molar-refractivity contribution < 1.29 is 14.3 Å². The number of furan rings is 1. The molecule has 2 atom stereocenters. The van der Waals surface area contributed by atoms with E-state index in [0.717, 1.165) is 30.8 Å². The van der Waals surface area contributed by atoms with E-state index in [2.05, 4.69) is 10.3 Å². The summed E-state index contributed by atoms with van der Waals surface area (Å²) in [6.45, 7) is 1.36. The van der Waals surface area contributed by atoms with Crippen LogP contribution in [0, 0.1) is 0 Å². The molecular weight excluding hydrogens is 268 g/mol. The fourth-order valence-corrected chi connectivity index (χ4v) is 2.71. The number of nitrogens with zero attached hydrogens (tertiary/aromatic N) is 1. The van der Waals surface area contributed by atoms with E-state index in [9.17, 15) is 0 Å². The van der Waals surface area contributed by atoms with Crippen LogP contribution in [0.2, 0.25) is 0 Å². The van der Waals surface area contributed by atoms with Crippen LogP contribution in [0.15, 0.2) is 41.1 Å². The highest BCUT2D eigenvalue weighted by molar-refractivity contribution is 5.16. The molecule has 0 radical (unpaired) electrons. The van der Waals surface area contributed by atoms with Crippen molar-refractivity contribution >= 4 is 0 Å². The van der Waals surface area contributed by atoms with Gasteiger partial charge in [-0.05, 0) is 42.7 Å². The molecule has 1 fully saturated rings. The standard InChI is InChI=1S/C16H20N2O3/c19-11-14-4-3-13(21-14)10-18-15-2-1-9-20-16(15)12-5-7-17-8-6-12/h3-8,15-16,18-19H,1-2,9-11H2/t15-,16+/m0/s1. The van der Waals surface area contributed by atoms with Crippen molar-refractivity contribution in [1.29, 1.82) is 0 Å². The Morgan fingerprint density at radius 3 is 2.76 bits per heavy atom. The molecule has 0 unspecified atom stereocenters. The Morgan fingerprint density at radius 1 is 1.19 bits per heavy atom. The van der Waals surface area contributed by atoms with Gasteiger partial charge in [0.25, 0.3) is 0 Å². The molecule has 0 amide bonds. The van der Waals surface area contributed by atoms with Crippen LogP contribution in [0.1, 0.15) is 36.0 Å². The summed E-state index contributed by atoms with van der Waals surface area (Å²) < 4.78 is 11.4. The molecule has 112 valence electrons. The largest absolute Gasteiger partial charge is 0.462 e. The maximum Gasteiger partial charge on any atom is 0.129 e. The van der Waals surface area contributed by atoms with Gasteiger partial charge < -0.3 is 19.6 Å². The third-order valence-electron chi connectivity index (χ3n) is 3.77. The zero-order valence-corrected chi connectivity index (χ0v) is 11.9. The number of hydrogen-bond donors (Lipinski definition) is 2. The molecule has 21 heavy (non-hydrogen) atoms. The number of nitrogens with one attached hydrogen (secondary N) is 1. The third-order valence-corrected chi connectivity index (χ3v) is 3.77. The normalized spacial score (nSPS) is 22.3. The van der Waals surface area contributed by atoms with Gasteiger partial charge in [-0.1, -0.05) is 0 Å². The molecule has 0 bridgehead atoms. The Balaban J connectivity index is 1.64. The molecule has 0 spiro atoms. The average molecular weight is 288 g/mol. The van der Waals surface area contributed by atoms with E-state index >= 15 is 0 Å². The van der Waals surface area contributed by atoms with Crippen LogP contribution in [-0.2, 0) is 17.9 Å². The fraction of sp³-hybridized carbons (Fsp3) is 0.438. The van der Waals surface area contributed by atoms with Crippen LogP contribution in [0.5, 0.6) is 0 Å². The van der Waals surface area contributed by atoms with E-state index in [0.29, 0.717) is 12.3 Å². The summed E-state index contributed by atoms with van der Waals surface area (Å²) in [5, 5.41) is 12.5. The molecule has 1 aliphatic heterocycles. The van der Waals surface area contributed by atoms with Crippen molar-refractivity contribution in [3.8, 4) is 0 Å². The summed E-state index contributed by atoms with van der Waals surface area (Å²) >= 11 is 0.